The highest BCUT2D eigenvalue weighted by molar-refractivity contribution is 7.96. The van der Waals surface area contributed by atoms with Crippen molar-refractivity contribution in [2.24, 2.45) is 0 Å². The number of hydrogen-bond acceptors (Lipinski definition) is 3. The topological polar surface area (TPSA) is 66.5 Å². The van der Waals surface area contributed by atoms with E-state index in [4.69, 9.17) is 23.2 Å². The molecule has 27 heavy (non-hydrogen) atoms. The van der Waals surface area contributed by atoms with Crippen LogP contribution in [0.4, 0.5) is 11.4 Å². The number of carbonyl (C=O) groups excluding carboxylic acids is 1. The number of hydrogen-bond donors (Lipinski definition) is 1. The van der Waals surface area contributed by atoms with Crippen LogP contribution < -0.4 is 9.62 Å². The van der Waals surface area contributed by atoms with Crippen LogP contribution in [0.15, 0.2) is 53.5 Å². The fourth-order valence-corrected chi connectivity index (χ4v) is 5.36. The molecule has 0 aromatic heterocycles. The summed E-state index contributed by atoms with van der Waals surface area (Å²) in [6, 6.07) is 8.75. The third-order valence-electron chi connectivity index (χ3n) is 4.72. The van der Waals surface area contributed by atoms with Crippen LogP contribution >= 0.6 is 23.2 Å². The molecule has 5 nitrogen and oxygen atoms in total. The molecule has 1 aliphatic heterocycles. The first-order valence-electron chi connectivity index (χ1n) is 8.40. The lowest BCUT2D eigenvalue weighted by molar-refractivity contribution is 0.0994. The normalized spacial score (nSPS) is 18.1. The van der Waals surface area contributed by atoms with Gasteiger partial charge in [-0.1, -0.05) is 41.4 Å². The van der Waals surface area contributed by atoms with E-state index in [1.165, 1.54) is 12.2 Å². The number of allylic oxidation sites excluding steroid dienone is 4. The molecule has 0 saturated carbocycles. The summed E-state index contributed by atoms with van der Waals surface area (Å²) in [7, 11) is -3.84. The van der Waals surface area contributed by atoms with Crippen LogP contribution in [0, 0.1) is 0 Å². The van der Waals surface area contributed by atoms with E-state index >= 15 is 0 Å². The molecule has 1 N–H and O–H groups in total. The Hall–Kier alpha value is -2.02. The number of alkyl halides is 2. The lowest BCUT2D eigenvalue weighted by Crippen LogP contribution is -2.25. The minimum absolute atomic E-state index is 0.0225. The van der Waals surface area contributed by atoms with Gasteiger partial charge in [0.05, 0.1) is 16.3 Å². The smallest absolute Gasteiger partial charge is 0.258 e. The van der Waals surface area contributed by atoms with Gasteiger partial charge in [0.15, 0.2) is 0 Å². The summed E-state index contributed by atoms with van der Waals surface area (Å²) in [6.45, 7) is 2.44. The van der Waals surface area contributed by atoms with Crippen LogP contribution in [0.1, 0.15) is 23.7 Å². The molecule has 1 amide bonds. The van der Waals surface area contributed by atoms with Crippen molar-refractivity contribution in [3.8, 4) is 0 Å². The third kappa shape index (κ3) is 3.02. The van der Waals surface area contributed by atoms with E-state index in [0.717, 1.165) is 11.1 Å². The molecule has 1 heterocycles. The Balaban J connectivity index is 1.79. The van der Waals surface area contributed by atoms with E-state index in [1.807, 2.05) is 6.92 Å². The van der Waals surface area contributed by atoms with Gasteiger partial charge in [0.2, 0.25) is 0 Å². The zero-order valence-electron chi connectivity index (χ0n) is 14.4. The maximum atomic E-state index is 12.8. The number of nitrogens with one attached hydrogen (secondary N) is 1. The monoisotopic (exact) mass is 422 g/mol. The Bertz CT molecular complexity index is 1140. The first-order chi connectivity index (χ1) is 12.7. The van der Waals surface area contributed by atoms with E-state index in [9.17, 15) is 13.2 Å². The van der Waals surface area contributed by atoms with Crippen LogP contribution in [-0.2, 0) is 10.0 Å². The second-order valence-electron chi connectivity index (χ2n) is 6.45. The molecule has 4 rings (SSSR count). The van der Waals surface area contributed by atoms with E-state index in [0.29, 0.717) is 23.2 Å². The standard InChI is InChI=1S/C19H16Cl2N2O3S/c1-2-23-16-9-8-15(13-6-3-7-14(17(13)16)18(23)24)22-27(25,26)12-5-4-10-19(20,21)11-12/h3-10,22H,2,11H2,1H3. The second-order valence-corrected chi connectivity index (χ2v) is 9.72. The summed E-state index contributed by atoms with van der Waals surface area (Å²) in [5.41, 5.74) is 1.77. The number of nitrogens with zero attached hydrogens (tertiary/aromatic N) is 1. The highest BCUT2D eigenvalue weighted by Gasteiger charge is 2.32. The maximum Gasteiger partial charge on any atom is 0.258 e. The number of benzene rings is 2. The van der Waals surface area contributed by atoms with Crippen LogP contribution in [0.25, 0.3) is 10.8 Å². The molecular formula is C19H16Cl2N2O3S. The molecule has 0 atom stereocenters. The van der Waals surface area contributed by atoms with Gasteiger partial charge < -0.3 is 4.90 Å². The first-order valence-corrected chi connectivity index (χ1v) is 10.6. The Morgan fingerprint density at radius 1 is 1.22 bits per heavy atom. The van der Waals surface area contributed by atoms with Gasteiger partial charge in [-0.05, 0) is 37.3 Å². The van der Waals surface area contributed by atoms with Gasteiger partial charge in [0, 0.05) is 29.3 Å². The molecule has 140 valence electrons. The van der Waals surface area contributed by atoms with Gasteiger partial charge in [0.25, 0.3) is 15.9 Å². The summed E-state index contributed by atoms with van der Waals surface area (Å²) in [5, 5.41) is 1.43. The van der Waals surface area contributed by atoms with Crippen LogP contribution in [0.3, 0.4) is 0 Å². The Labute approximate surface area is 167 Å². The molecule has 8 heteroatoms. The van der Waals surface area contributed by atoms with Crippen molar-refractivity contribution < 1.29 is 13.2 Å². The molecule has 0 radical (unpaired) electrons. The fourth-order valence-electron chi connectivity index (χ4n) is 3.49. The maximum absolute atomic E-state index is 12.8. The number of sulfonamides is 1. The summed E-state index contributed by atoms with van der Waals surface area (Å²) < 4.78 is 27.1. The largest absolute Gasteiger partial charge is 0.308 e. The van der Waals surface area contributed by atoms with Crippen molar-refractivity contribution in [3.63, 3.8) is 0 Å². The molecule has 0 fully saturated rings. The van der Waals surface area contributed by atoms with Gasteiger partial charge >= 0.3 is 0 Å². The van der Waals surface area contributed by atoms with Gasteiger partial charge in [-0.2, -0.15) is 0 Å². The first kappa shape index (κ1) is 18.3. The van der Waals surface area contributed by atoms with Crippen molar-refractivity contribution in [2.45, 2.75) is 17.7 Å². The minimum Gasteiger partial charge on any atom is -0.308 e. The van der Waals surface area contributed by atoms with E-state index in [1.54, 1.807) is 41.3 Å². The molecule has 0 unspecified atom stereocenters. The number of amides is 1. The van der Waals surface area contributed by atoms with Crippen molar-refractivity contribution in [1.82, 2.24) is 0 Å². The van der Waals surface area contributed by atoms with Crippen LogP contribution in [-0.4, -0.2) is 25.2 Å². The lowest BCUT2D eigenvalue weighted by Gasteiger charge is -2.21. The zero-order valence-corrected chi connectivity index (χ0v) is 16.7. The zero-order chi connectivity index (χ0) is 19.4. The van der Waals surface area contributed by atoms with Gasteiger partial charge in [-0.25, -0.2) is 8.42 Å². The predicted octanol–water partition coefficient (Wildman–Crippen LogP) is 4.58. The van der Waals surface area contributed by atoms with E-state index < -0.39 is 14.4 Å². The predicted molar refractivity (Wildman–Crippen MR) is 110 cm³/mol. The Kier molecular flexibility index (Phi) is 4.25. The minimum atomic E-state index is -3.84. The Morgan fingerprint density at radius 3 is 2.70 bits per heavy atom. The highest BCUT2D eigenvalue weighted by atomic mass is 35.5. The average molecular weight is 423 g/mol. The molecule has 1 aliphatic carbocycles. The van der Waals surface area contributed by atoms with Gasteiger partial charge in [-0.15, -0.1) is 0 Å². The summed E-state index contributed by atoms with van der Waals surface area (Å²) >= 11 is 12.1. The van der Waals surface area contributed by atoms with E-state index in [-0.39, 0.29) is 17.2 Å². The highest BCUT2D eigenvalue weighted by Crippen LogP contribution is 2.41. The molecule has 2 aromatic rings. The molecule has 2 aliphatic rings. The average Bonchev–Trinajstić information content (AvgIpc) is 2.89. The van der Waals surface area contributed by atoms with E-state index in [2.05, 4.69) is 4.72 Å². The fraction of sp³-hybridized carbons (Fsp3) is 0.211. The van der Waals surface area contributed by atoms with Gasteiger partial charge in [-0.3, -0.25) is 9.52 Å². The van der Waals surface area contributed by atoms with Crippen molar-refractivity contribution >= 4 is 61.3 Å². The summed E-state index contributed by atoms with van der Waals surface area (Å²) in [4.78, 5) is 14.3. The number of rotatable bonds is 4. The lowest BCUT2D eigenvalue weighted by atomic mass is 10.0. The molecular weight excluding hydrogens is 407 g/mol. The molecule has 0 bridgehead atoms. The summed E-state index contributed by atoms with van der Waals surface area (Å²) in [6.07, 6.45) is 4.53. The van der Waals surface area contributed by atoms with Crippen LogP contribution in [0.5, 0.6) is 0 Å². The molecule has 0 saturated heterocycles. The number of halogens is 2. The van der Waals surface area contributed by atoms with Crippen molar-refractivity contribution in [1.29, 1.82) is 0 Å². The Morgan fingerprint density at radius 2 is 2.00 bits per heavy atom. The molecule has 2 aromatic carbocycles. The molecule has 0 spiro atoms. The SMILES string of the molecule is CCN1C(=O)c2cccc3c(NS(=O)(=O)C4=CC=CC(Cl)(Cl)C4)ccc1c23. The number of carbonyl (C=O) groups is 1. The van der Waals surface area contributed by atoms with Crippen LogP contribution in [0.2, 0.25) is 0 Å². The van der Waals surface area contributed by atoms with Gasteiger partial charge in [0.1, 0.15) is 4.33 Å². The number of anilines is 2. The third-order valence-corrected chi connectivity index (χ3v) is 6.70. The van der Waals surface area contributed by atoms with Crippen molar-refractivity contribution in [2.75, 3.05) is 16.2 Å². The van der Waals surface area contributed by atoms with Crippen molar-refractivity contribution in [3.05, 3.63) is 59.0 Å². The summed E-state index contributed by atoms with van der Waals surface area (Å²) in [5.74, 6) is -0.0766. The second kappa shape index (κ2) is 6.26. The quantitative estimate of drug-likeness (QED) is 0.733.